The van der Waals surface area contributed by atoms with Crippen molar-refractivity contribution in [2.45, 2.75) is 51.5 Å². The monoisotopic (exact) mass is 440 g/mol. The minimum Gasteiger partial charge on any atom is -0.452 e. The molecular formula is C18H24N4O7S. The van der Waals surface area contributed by atoms with E-state index in [0.717, 1.165) is 0 Å². The fourth-order valence-electron chi connectivity index (χ4n) is 3.29. The predicted molar refractivity (Wildman–Crippen MR) is 103 cm³/mol. The molecule has 0 spiro atoms. The van der Waals surface area contributed by atoms with Crippen molar-refractivity contribution in [1.29, 1.82) is 0 Å². The van der Waals surface area contributed by atoms with Crippen molar-refractivity contribution in [2.75, 3.05) is 18.4 Å². The van der Waals surface area contributed by atoms with E-state index in [0.29, 0.717) is 18.5 Å². The smallest absolute Gasteiger partial charge is 0.311 e. The predicted octanol–water partition coefficient (Wildman–Crippen LogP) is 1.56. The van der Waals surface area contributed by atoms with Gasteiger partial charge < -0.3 is 13.8 Å². The highest BCUT2D eigenvalue weighted by molar-refractivity contribution is 7.89. The maximum atomic E-state index is 13.0. The third-order valence-corrected chi connectivity index (χ3v) is 6.93. The van der Waals surface area contributed by atoms with Gasteiger partial charge in [-0.25, -0.2) is 8.42 Å². The van der Waals surface area contributed by atoms with Crippen LogP contribution in [-0.2, 0) is 24.3 Å². The SMILES string of the molecule is Cc1cc(NC(=O)C(C)OC(=O)C2CCCN(S(=O)(=O)c3c(C)noc3C)C2)on1. The van der Waals surface area contributed by atoms with E-state index in [1.807, 2.05) is 0 Å². The van der Waals surface area contributed by atoms with Crippen molar-refractivity contribution >= 4 is 27.8 Å². The zero-order valence-corrected chi connectivity index (χ0v) is 18.0. The molecule has 2 atom stereocenters. The molecule has 1 aliphatic heterocycles. The van der Waals surface area contributed by atoms with Crippen molar-refractivity contribution in [3.63, 3.8) is 0 Å². The molecule has 164 valence electrons. The number of aryl methyl sites for hydroxylation is 3. The van der Waals surface area contributed by atoms with Crippen LogP contribution < -0.4 is 5.32 Å². The first-order valence-corrected chi connectivity index (χ1v) is 10.9. The molecule has 1 fully saturated rings. The summed E-state index contributed by atoms with van der Waals surface area (Å²) < 4.78 is 42.3. The number of nitrogens with zero attached hydrogens (tertiary/aromatic N) is 3. The summed E-state index contributed by atoms with van der Waals surface area (Å²) in [6, 6.07) is 1.53. The van der Waals surface area contributed by atoms with E-state index >= 15 is 0 Å². The van der Waals surface area contributed by atoms with Crippen LogP contribution in [0.15, 0.2) is 20.0 Å². The quantitative estimate of drug-likeness (QED) is 0.661. The normalized spacial score (nSPS) is 18.7. The van der Waals surface area contributed by atoms with Gasteiger partial charge in [0.15, 0.2) is 11.9 Å². The topological polar surface area (TPSA) is 145 Å². The average molecular weight is 440 g/mol. The molecule has 12 heteroatoms. The number of carbonyl (C=O) groups excluding carboxylic acids is 2. The Labute approximate surface area is 173 Å². The summed E-state index contributed by atoms with van der Waals surface area (Å²) >= 11 is 0. The average Bonchev–Trinajstić information content (AvgIpc) is 3.26. The Hall–Kier alpha value is -2.73. The summed E-state index contributed by atoms with van der Waals surface area (Å²) in [5, 5.41) is 9.82. The fraction of sp³-hybridized carbons (Fsp3) is 0.556. The number of ether oxygens (including phenoxy) is 1. The van der Waals surface area contributed by atoms with E-state index in [1.165, 1.54) is 24.2 Å². The number of esters is 1. The number of amides is 1. The van der Waals surface area contributed by atoms with Crippen LogP contribution in [0, 0.1) is 26.7 Å². The molecule has 2 unspecified atom stereocenters. The number of rotatable bonds is 6. The maximum absolute atomic E-state index is 13.0. The molecule has 0 aromatic carbocycles. The molecule has 11 nitrogen and oxygen atoms in total. The molecule has 0 bridgehead atoms. The second-order valence-corrected chi connectivity index (χ2v) is 9.13. The van der Waals surface area contributed by atoms with Gasteiger partial charge in [-0.1, -0.05) is 10.3 Å². The highest BCUT2D eigenvalue weighted by Gasteiger charge is 2.37. The zero-order valence-electron chi connectivity index (χ0n) is 17.2. The third kappa shape index (κ3) is 4.54. The maximum Gasteiger partial charge on any atom is 0.311 e. The van der Waals surface area contributed by atoms with Crippen LogP contribution in [0.25, 0.3) is 0 Å². The lowest BCUT2D eigenvalue weighted by Crippen LogP contribution is -2.44. The molecular weight excluding hydrogens is 416 g/mol. The minimum absolute atomic E-state index is 0.0200. The summed E-state index contributed by atoms with van der Waals surface area (Å²) in [5.41, 5.74) is 0.863. The van der Waals surface area contributed by atoms with Gasteiger partial charge >= 0.3 is 5.97 Å². The Morgan fingerprint density at radius 3 is 2.60 bits per heavy atom. The van der Waals surface area contributed by atoms with Gasteiger partial charge in [-0.15, -0.1) is 0 Å². The van der Waals surface area contributed by atoms with Crippen molar-refractivity contribution < 1.29 is 31.8 Å². The number of hydrogen-bond donors (Lipinski definition) is 1. The van der Waals surface area contributed by atoms with E-state index < -0.39 is 33.9 Å². The Balaban J connectivity index is 1.63. The largest absolute Gasteiger partial charge is 0.452 e. The Kier molecular flexibility index (Phi) is 6.27. The zero-order chi connectivity index (χ0) is 22.1. The van der Waals surface area contributed by atoms with Crippen molar-refractivity contribution in [3.8, 4) is 0 Å². The van der Waals surface area contributed by atoms with E-state index in [1.54, 1.807) is 13.8 Å². The third-order valence-electron chi connectivity index (χ3n) is 4.82. The highest BCUT2D eigenvalue weighted by atomic mass is 32.2. The molecule has 0 radical (unpaired) electrons. The first-order valence-electron chi connectivity index (χ1n) is 9.47. The van der Waals surface area contributed by atoms with Crippen LogP contribution in [0.3, 0.4) is 0 Å². The van der Waals surface area contributed by atoms with Crippen LogP contribution in [-0.4, -0.2) is 54.1 Å². The van der Waals surface area contributed by atoms with Gasteiger partial charge in [0, 0.05) is 19.2 Å². The van der Waals surface area contributed by atoms with Gasteiger partial charge in [-0.05, 0) is 40.5 Å². The summed E-state index contributed by atoms with van der Waals surface area (Å²) in [6.07, 6.45) is -0.139. The van der Waals surface area contributed by atoms with Crippen LogP contribution in [0.1, 0.15) is 36.9 Å². The molecule has 3 heterocycles. The van der Waals surface area contributed by atoms with Gasteiger partial charge in [0.1, 0.15) is 10.6 Å². The fourth-order valence-corrected chi connectivity index (χ4v) is 5.11. The van der Waals surface area contributed by atoms with E-state index in [2.05, 4.69) is 15.6 Å². The molecule has 2 aromatic heterocycles. The summed E-state index contributed by atoms with van der Waals surface area (Å²) in [5.74, 6) is -1.54. The van der Waals surface area contributed by atoms with Crippen molar-refractivity contribution in [1.82, 2.24) is 14.6 Å². The molecule has 3 rings (SSSR count). The standard InChI is InChI=1S/C18H24N4O7S/c1-10-8-15(29-20-10)19-17(23)13(4)27-18(24)14-6-5-7-22(9-14)30(25,26)16-11(2)21-28-12(16)3/h8,13-14H,5-7,9H2,1-4H3,(H,19,23). The molecule has 30 heavy (non-hydrogen) atoms. The van der Waals surface area contributed by atoms with Crippen LogP contribution in [0.4, 0.5) is 5.88 Å². The minimum atomic E-state index is -3.86. The van der Waals surface area contributed by atoms with Gasteiger partial charge in [0.05, 0.1) is 11.6 Å². The number of carbonyl (C=O) groups is 2. The second-order valence-electron chi connectivity index (χ2n) is 7.26. The van der Waals surface area contributed by atoms with E-state index in [-0.39, 0.29) is 35.3 Å². The lowest BCUT2D eigenvalue weighted by atomic mass is 10.00. The van der Waals surface area contributed by atoms with Crippen LogP contribution >= 0.6 is 0 Å². The lowest BCUT2D eigenvalue weighted by molar-refractivity contribution is -0.158. The lowest BCUT2D eigenvalue weighted by Gasteiger charge is -2.31. The molecule has 1 saturated heterocycles. The summed E-state index contributed by atoms with van der Waals surface area (Å²) in [7, 11) is -3.86. The van der Waals surface area contributed by atoms with Gasteiger partial charge in [0.2, 0.25) is 15.9 Å². The molecule has 2 aromatic rings. The van der Waals surface area contributed by atoms with E-state index in [9.17, 15) is 18.0 Å². The van der Waals surface area contributed by atoms with Crippen molar-refractivity contribution in [2.24, 2.45) is 5.92 Å². The molecule has 1 amide bonds. The Morgan fingerprint density at radius 1 is 1.27 bits per heavy atom. The number of hydrogen-bond acceptors (Lipinski definition) is 9. The molecule has 1 aliphatic rings. The highest BCUT2D eigenvalue weighted by Crippen LogP contribution is 2.28. The summed E-state index contributed by atoms with van der Waals surface area (Å²) in [4.78, 5) is 24.8. The summed E-state index contributed by atoms with van der Waals surface area (Å²) in [6.45, 7) is 6.44. The van der Waals surface area contributed by atoms with E-state index in [4.69, 9.17) is 13.8 Å². The van der Waals surface area contributed by atoms with Crippen LogP contribution in [0.2, 0.25) is 0 Å². The first-order chi connectivity index (χ1) is 14.1. The molecule has 1 N–H and O–H groups in total. The van der Waals surface area contributed by atoms with Gasteiger partial charge in [-0.2, -0.15) is 4.31 Å². The number of anilines is 1. The molecule has 0 aliphatic carbocycles. The van der Waals surface area contributed by atoms with Crippen molar-refractivity contribution in [3.05, 3.63) is 23.2 Å². The number of aromatic nitrogens is 2. The number of sulfonamides is 1. The Bertz CT molecular complexity index is 1020. The second kappa shape index (κ2) is 8.56. The van der Waals surface area contributed by atoms with Gasteiger partial charge in [-0.3, -0.25) is 14.9 Å². The first kappa shape index (κ1) is 22.0. The number of piperidine rings is 1. The molecule has 0 saturated carbocycles. The Morgan fingerprint density at radius 2 is 2.00 bits per heavy atom. The van der Waals surface area contributed by atoms with Gasteiger partial charge in [0.25, 0.3) is 5.91 Å². The number of nitrogens with one attached hydrogen (secondary N) is 1. The van der Waals surface area contributed by atoms with Crippen LogP contribution in [0.5, 0.6) is 0 Å².